The smallest absolute Gasteiger partial charge is 0.221 e. The number of rotatable bonds is 6. The Labute approximate surface area is 166 Å². The van der Waals surface area contributed by atoms with Gasteiger partial charge in [-0.05, 0) is 48.6 Å². The Morgan fingerprint density at radius 1 is 1.04 bits per heavy atom. The van der Waals surface area contributed by atoms with E-state index in [2.05, 4.69) is 16.0 Å². The highest BCUT2D eigenvalue weighted by atomic mass is 35.5. The average molecular weight is 414 g/mol. The van der Waals surface area contributed by atoms with Gasteiger partial charge in [-0.15, -0.1) is 0 Å². The first-order valence-corrected chi connectivity index (χ1v) is 8.74. The number of hydrogen-bond donors (Lipinski definition) is 4. The van der Waals surface area contributed by atoms with Crippen molar-refractivity contribution in [3.63, 3.8) is 0 Å². The van der Waals surface area contributed by atoms with E-state index >= 15 is 0 Å². The topological polar surface area (TPSA) is 82.6 Å². The SMILES string of the molecule is CC(=O)Nc1ccc(NC(=S)Nc2cc(Cl)c(OCCO)c(Cl)c2)cc1. The number of hydrogen-bond acceptors (Lipinski definition) is 4. The summed E-state index contributed by atoms with van der Waals surface area (Å²) in [6.07, 6.45) is 0. The highest BCUT2D eigenvalue weighted by molar-refractivity contribution is 7.80. The van der Waals surface area contributed by atoms with Gasteiger partial charge in [-0.2, -0.15) is 0 Å². The lowest BCUT2D eigenvalue weighted by Crippen LogP contribution is -2.19. The van der Waals surface area contributed by atoms with Crippen molar-refractivity contribution in [1.82, 2.24) is 0 Å². The molecule has 6 nitrogen and oxygen atoms in total. The first-order valence-electron chi connectivity index (χ1n) is 7.57. The van der Waals surface area contributed by atoms with Gasteiger partial charge in [-0.3, -0.25) is 4.79 Å². The number of carbonyl (C=O) groups excluding carboxylic acids is 1. The Morgan fingerprint density at radius 3 is 2.04 bits per heavy atom. The van der Waals surface area contributed by atoms with Gasteiger partial charge in [0, 0.05) is 24.0 Å². The van der Waals surface area contributed by atoms with Crippen LogP contribution in [-0.4, -0.2) is 29.3 Å². The number of carbonyl (C=O) groups is 1. The maximum Gasteiger partial charge on any atom is 0.221 e. The number of aliphatic hydroxyl groups is 1. The maximum atomic E-state index is 11.0. The molecule has 0 atom stereocenters. The fourth-order valence-electron chi connectivity index (χ4n) is 2.05. The lowest BCUT2D eigenvalue weighted by Gasteiger charge is -2.14. The molecule has 0 aromatic heterocycles. The van der Waals surface area contributed by atoms with Gasteiger partial charge in [0.2, 0.25) is 5.91 Å². The summed E-state index contributed by atoms with van der Waals surface area (Å²) in [5.74, 6) is 0.170. The van der Waals surface area contributed by atoms with Crippen molar-refractivity contribution in [3.05, 3.63) is 46.4 Å². The fraction of sp³-hybridized carbons (Fsp3) is 0.176. The molecule has 9 heteroatoms. The van der Waals surface area contributed by atoms with Crippen molar-refractivity contribution < 1.29 is 14.6 Å². The number of ether oxygens (including phenoxy) is 1. The van der Waals surface area contributed by atoms with Gasteiger partial charge < -0.3 is 25.8 Å². The van der Waals surface area contributed by atoms with Crippen LogP contribution in [0.5, 0.6) is 5.75 Å². The van der Waals surface area contributed by atoms with Crippen LogP contribution >= 0.6 is 35.4 Å². The van der Waals surface area contributed by atoms with Crippen molar-refractivity contribution in [2.24, 2.45) is 0 Å². The lowest BCUT2D eigenvalue weighted by molar-refractivity contribution is -0.114. The molecule has 0 saturated carbocycles. The summed E-state index contributed by atoms with van der Waals surface area (Å²) >= 11 is 17.6. The second-order valence-electron chi connectivity index (χ2n) is 5.18. The van der Waals surface area contributed by atoms with E-state index in [1.165, 1.54) is 6.92 Å². The highest BCUT2D eigenvalue weighted by Gasteiger charge is 2.10. The predicted molar refractivity (Wildman–Crippen MR) is 110 cm³/mol. The summed E-state index contributed by atoms with van der Waals surface area (Å²) in [5, 5.41) is 18.4. The molecule has 1 amide bonds. The Bertz CT molecular complexity index is 777. The average Bonchev–Trinajstić information content (AvgIpc) is 2.55. The molecule has 0 radical (unpaired) electrons. The molecular formula is C17H17Cl2N3O3S. The number of amides is 1. The van der Waals surface area contributed by atoms with E-state index in [4.69, 9.17) is 45.3 Å². The van der Waals surface area contributed by atoms with Gasteiger partial charge in [-0.1, -0.05) is 23.2 Å². The number of thiocarbonyl (C=S) groups is 1. The number of anilines is 3. The molecule has 0 aliphatic rings. The van der Waals surface area contributed by atoms with Crippen molar-refractivity contribution in [2.75, 3.05) is 29.2 Å². The predicted octanol–water partition coefficient (Wildman–Crippen LogP) is 4.13. The van der Waals surface area contributed by atoms with Crippen LogP contribution in [0.15, 0.2) is 36.4 Å². The minimum absolute atomic E-state index is 0.0979. The summed E-state index contributed by atoms with van der Waals surface area (Å²) < 4.78 is 5.29. The number of nitrogens with one attached hydrogen (secondary N) is 3. The molecule has 2 aromatic rings. The van der Waals surface area contributed by atoms with Gasteiger partial charge in [-0.25, -0.2) is 0 Å². The van der Waals surface area contributed by atoms with Crippen molar-refractivity contribution >= 4 is 63.5 Å². The summed E-state index contributed by atoms with van der Waals surface area (Å²) in [6, 6.07) is 10.3. The second-order valence-corrected chi connectivity index (χ2v) is 6.40. The van der Waals surface area contributed by atoms with Crippen molar-refractivity contribution in [1.29, 1.82) is 0 Å². The molecule has 26 heavy (non-hydrogen) atoms. The Morgan fingerprint density at radius 2 is 1.54 bits per heavy atom. The third-order valence-electron chi connectivity index (χ3n) is 3.06. The standard InChI is InChI=1S/C17H17Cl2N3O3S/c1-10(24)20-11-2-4-12(5-3-11)21-17(26)22-13-8-14(18)16(15(19)9-13)25-7-6-23/h2-5,8-9,23H,6-7H2,1H3,(H,20,24)(H2,21,22,26). The fourth-order valence-corrected chi connectivity index (χ4v) is 2.88. The zero-order chi connectivity index (χ0) is 19.1. The molecule has 0 aliphatic heterocycles. The van der Waals surface area contributed by atoms with Crippen LogP contribution in [-0.2, 0) is 4.79 Å². The maximum absolute atomic E-state index is 11.0. The molecule has 4 N–H and O–H groups in total. The van der Waals surface area contributed by atoms with E-state index in [1.807, 2.05) is 0 Å². The number of halogens is 2. The molecule has 138 valence electrons. The van der Waals surface area contributed by atoms with Crippen LogP contribution in [0.1, 0.15) is 6.92 Å². The minimum Gasteiger partial charge on any atom is -0.488 e. The monoisotopic (exact) mass is 413 g/mol. The molecule has 0 saturated heterocycles. The van der Waals surface area contributed by atoms with E-state index in [-0.39, 0.29) is 19.1 Å². The molecule has 0 bridgehead atoms. The lowest BCUT2D eigenvalue weighted by atomic mass is 10.2. The number of benzene rings is 2. The Hall–Kier alpha value is -2.06. The van der Waals surface area contributed by atoms with Crippen LogP contribution in [0.25, 0.3) is 0 Å². The molecule has 0 heterocycles. The van der Waals surface area contributed by atoms with Gasteiger partial charge in [0.15, 0.2) is 10.9 Å². The van der Waals surface area contributed by atoms with E-state index in [9.17, 15) is 4.79 Å². The van der Waals surface area contributed by atoms with Crippen LogP contribution in [0, 0.1) is 0 Å². The first-order chi connectivity index (χ1) is 12.4. The largest absolute Gasteiger partial charge is 0.488 e. The third-order valence-corrected chi connectivity index (χ3v) is 3.82. The van der Waals surface area contributed by atoms with Crippen molar-refractivity contribution in [3.8, 4) is 5.75 Å². The van der Waals surface area contributed by atoms with E-state index in [0.29, 0.717) is 32.3 Å². The van der Waals surface area contributed by atoms with E-state index < -0.39 is 0 Å². The molecule has 0 aliphatic carbocycles. The zero-order valence-electron chi connectivity index (χ0n) is 13.8. The van der Waals surface area contributed by atoms with Crippen LogP contribution in [0.3, 0.4) is 0 Å². The summed E-state index contributed by atoms with van der Waals surface area (Å²) in [7, 11) is 0. The molecule has 2 rings (SSSR count). The molecule has 0 fully saturated rings. The van der Waals surface area contributed by atoms with Gasteiger partial charge >= 0.3 is 0 Å². The van der Waals surface area contributed by atoms with Gasteiger partial charge in [0.25, 0.3) is 0 Å². The Kier molecular flexibility index (Phi) is 7.47. The quantitative estimate of drug-likeness (QED) is 0.532. The second kappa shape index (κ2) is 9.59. The highest BCUT2D eigenvalue weighted by Crippen LogP contribution is 2.36. The molecule has 0 spiro atoms. The minimum atomic E-state index is -0.138. The van der Waals surface area contributed by atoms with E-state index in [1.54, 1.807) is 36.4 Å². The summed E-state index contributed by atoms with van der Waals surface area (Å²) in [5.41, 5.74) is 2.03. The van der Waals surface area contributed by atoms with Gasteiger partial charge in [0.05, 0.1) is 16.7 Å². The zero-order valence-corrected chi connectivity index (χ0v) is 16.1. The van der Waals surface area contributed by atoms with Crippen LogP contribution in [0.4, 0.5) is 17.1 Å². The van der Waals surface area contributed by atoms with Crippen LogP contribution < -0.4 is 20.7 Å². The number of aliphatic hydroxyl groups excluding tert-OH is 1. The summed E-state index contributed by atoms with van der Waals surface area (Å²) in [6.45, 7) is 1.41. The third kappa shape index (κ3) is 6.03. The van der Waals surface area contributed by atoms with Crippen molar-refractivity contribution in [2.45, 2.75) is 6.92 Å². The molecule has 0 unspecified atom stereocenters. The molecular weight excluding hydrogens is 397 g/mol. The molecule has 2 aromatic carbocycles. The first kappa shape index (κ1) is 20.3. The summed E-state index contributed by atoms with van der Waals surface area (Å²) in [4.78, 5) is 11.0. The Balaban J connectivity index is 2.00. The van der Waals surface area contributed by atoms with E-state index in [0.717, 1.165) is 5.69 Å². The van der Waals surface area contributed by atoms with Gasteiger partial charge in [0.1, 0.15) is 6.61 Å². The van der Waals surface area contributed by atoms with Crippen LogP contribution in [0.2, 0.25) is 10.0 Å². The normalized spacial score (nSPS) is 10.2.